The third-order valence-corrected chi connectivity index (χ3v) is 5.93. The van der Waals surface area contributed by atoms with Crippen LogP contribution in [0.2, 0.25) is 0 Å². The van der Waals surface area contributed by atoms with Crippen molar-refractivity contribution in [1.82, 2.24) is 0 Å². The van der Waals surface area contributed by atoms with Crippen LogP contribution in [0.1, 0.15) is 36.1 Å². The number of aryl methyl sites for hydroxylation is 1. The number of nitrogens with one attached hydrogen (secondary N) is 1. The average molecular weight is 549 g/mol. The predicted octanol–water partition coefficient (Wildman–Crippen LogP) is 6.04. The minimum Gasteiger partial charge on any atom is -0.490 e. The van der Waals surface area contributed by atoms with Crippen molar-refractivity contribution in [3.8, 4) is 11.5 Å². The van der Waals surface area contributed by atoms with Gasteiger partial charge >= 0.3 is 5.97 Å². The molecule has 0 spiro atoms. The molecule has 1 N–H and O–H groups in total. The predicted molar refractivity (Wildman–Crippen MR) is 142 cm³/mol. The third kappa shape index (κ3) is 6.01. The van der Waals surface area contributed by atoms with E-state index in [1.54, 1.807) is 36.4 Å². The van der Waals surface area contributed by atoms with Crippen molar-refractivity contribution in [2.45, 2.75) is 27.4 Å². The summed E-state index contributed by atoms with van der Waals surface area (Å²) in [7, 11) is 0. The maximum absolute atomic E-state index is 12.5. The van der Waals surface area contributed by atoms with E-state index >= 15 is 0 Å². The molecule has 0 saturated heterocycles. The van der Waals surface area contributed by atoms with E-state index in [9.17, 15) is 9.59 Å². The van der Waals surface area contributed by atoms with Crippen LogP contribution in [-0.2, 0) is 20.9 Å². The second kappa shape index (κ2) is 11.2. The average Bonchev–Trinajstić information content (AvgIpc) is 3.20. The van der Waals surface area contributed by atoms with Crippen molar-refractivity contribution in [3.05, 3.63) is 93.1 Å². The zero-order valence-electron chi connectivity index (χ0n) is 20.1. The van der Waals surface area contributed by atoms with Gasteiger partial charge in [-0.1, -0.05) is 24.3 Å². The molecule has 0 aliphatic carbocycles. The minimum atomic E-state index is -0.551. The van der Waals surface area contributed by atoms with E-state index in [0.717, 1.165) is 11.1 Å². The molecule has 36 heavy (non-hydrogen) atoms. The second-order valence-corrected chi connectivity index (χ2v) is 8.93. The fourth-order valence-corrected chi connectivity index (χ4v) is 4.16. The summed E-state index contributed by atoms with van der Waals surface area (Å²) in [4.78, 5) is 28.1. The van der Waals surface area contributed by atoms with Gasteiger partial charge in [0.25, 0.3) is 0 Å². The van der Waals surface area contributed by atoms with Crippen LogP contribution in [0.4, 0.5) is 5.69 Å². The highest BCUT2D eigenvalue weighted by atomic mass is 79.9. The van der Waals surface area contributed by atoms with E-state index in [-0.39, 0.29) is 17.5 Å². The molecule has 3 aromatic carbocycles. The van der Waals surface area contributed by atoms with Crippen LogP contribution >= 0.6 is 15.9 Å². The summed E-state index contributed by atoms with van der Waals surface area (Å²) in [6.07, 6.45) is 1.64. The molecule has 1 amide bonds. The summed E-state index contributed by atoms with van der Waals surface area (Å²) in [5.74, 6) is 0.616. The van der Waals surface area contributed by atoms with Crippen molar-refractivity contribution < 1.29 is 23.8 Å². The molecule has 8 heteroatoms. The van der Waals surface area contributed by atoms with E-state index in [2.05, 4.69) is 26.2 Å². The molecular weight excluding hydrogens is 524 g/mol. The van der Waals surface area contributed by atoms with Gasteiger partial charge in [0, 0.05) is 18.2 Å². The molecule has 0 fully saturated rings. The number of halogens is 1. The van der Waals surface area contributed by atoms with Gasteiger partial charge in [0.05, 0.1) is 11.1 Å². The first-order chi connectivity index (χ1) is 17.3. The van der Waals surface area contributed by atoms with E-state index in [1.807, 2.05) is 44.2 Å². The van der Waals surface area contributed by atoms with E-state index in [0.29, 0.717) is 46.0 Å². The molecule has 0 atom stereocenters. The van der Waals surface area contributed by atoms with Crippen molar-refractivity contribution in [2.75, 3.05) is 11.9 Å². The van der Waals surface area contributed by atoms with Crippen LogP contribution in [0.15, 0.2) is 75.8 Å². The van der Waals surface area contributed by atoms with Gasteiger partial charge in [-0.3, -0.25) is 4.79 Å². The molecular formula is C28H25BrN2O5. The molecule has 4 rings (SSSR count). The number of ether oxygens (including phenoxy) is 3. The number of amides is 1. The summed E-state index contributed by atoms with van der Waals surface area (Å²) in [5, 5.41) is 2.69. The SMILES string of the molecule is CCOc1cc(/C=C2\N=C(c3ccc(NC(C)=O)cc3)OC2=O)cc(Br)c1OCc1ccccc1C. The smallest absolute Gasteiger partial charge is 0.363 e. The number of anilines is 1. The Kier molecular flexibility index (Phi) is 7.85. The minimum absolute atomic E-state index is 0.165. The number of cyclic esters (lactones) is 1. The number of nitrogens with zero attached hydrogens (tertiary/aromatic N) is 1. The summed E-state index contributed by atoms with van der Waals surface area (Å²) < 4.78 is 18.0. The highest BCUT2D eigenvalue weighted by molar-refractivity contribution is 9.10. The van der Waals surface area contributed by atoms with Gasteiger partial charge in [-0.05, 0) is 88.9 Å². The van der Waals surface area contributed by atoms with Crippen LogP contribution < -0.4 is 14.8 Å². The summed E-state index contributed by atoms with van der Waals surface area (Å²) >= 11 is 3.58. The second-order valence-electron chi connectivity index (χ2n) is 8.07. The number of benzene rings is 3. The van der Waals surface area contributed by atoms with Gasteiger partial charge in [0.15, 0.2) is 17.2 Å². The van der Waals surface area contributed by atoms with E-state index in [4.69, 9.17) is 14.2 Å². The maximum atomic E-state index is 12.5. The van der Waals surface area contributed by atoms with Gasteiger partial charge < -0.3 is 19.5 Å². The lowest BCUT2D eigenvalue weighted by molar-refractivity contribution is -0.129. The topological polar surface area (TPSA) is 86.2 Å². The Morgan fingerprint density at radius 2 is 1.86 bits per heavy atom. The van der Waals surface area contributed by atoms with E-state index < -0.39 is 5.97 Å². The number of hydrogen-bond donors (Lipinski definition) is 1. The van der Waals surface area contributed by atoms with Gasteiger partial charge in [-0.2, -0.15) is 0 Å². The van der Waals surface area contributed by atoms with Crippen LogP contribution in [0, 0.1) is 6.92 Å². The van der Waals surface area contributed by atoms with Crippen molar-refractivity contribution in [3.63, 3.8) is 0 Å². The first kappa shape index (κ1) is 25.2. The standard InChI is InChI=1S/C28H25BrN2O5/c1-4-34-25-15-19(13-23(29)26(25)35-16-21-8-6-5-7-17(21)2)14-24-28(33)36-27(31-24)20-9-11-22(12-10-20)30-18(3)32/h5-15H,4,16H2,1-3H3,(H,30,32)/b24-14-. The molecule has 184 valence electrons. The Hall–Kier alpha value is -3.91. The van der Waals surface area contributed by atoms with Crippen LogP contribution in [0.5, 0.6) is 11.5 Å². The highest BCUT2D eigenvalue weighted by Crippen LogP contribution is 2.38. The van der Waals surface area contributed by atoms with Crippen LogP contribution in [0.3, 0.4) is 0 Å². The summed E-state index contributed by atoms with van der Waals surface area (Å²) in [6, 6.07) is 18.6. The molecule has 1 aliphatic rings. The first-order valence-electron chi connectivity index (χ1n) is 11.4. The Morgan fingerprint density at radius 3 is 2.56 bits per heavy atom. The van der Waals surface area contributed by atoms with Crippen molar-refractivity contribution in [2.24, 2.45) is 4.99 Å². The van der Waals surface area contributed by atoms with Crippen molar-refractivity contribution in [1.29, 1.82) is 0 Å². The quantitative estimate of drug-likeness (QED) is 0.274. The molecule has 3 aromatic rings. The van der Waals surface area contributed by atoms with Gasteiger partial charge in [0.2, 0.25) is 11.8 Å². The monoisotopic (exact) mass is 548 g/mol. The summed E-state index contributed by atoms with van der Waals surface area (Å²) in [6.45, 7) is 6.22. The zero-order chi connectivity index (χ0) is 25.7. The number of rotatable bonds is 8. The Labute approximate surface area is 217 Å². The van der Waals surface area contributed by atoms with Crippen LogP contribution in [-0.4, -0.2) is 24.4 Å². The van der Waals surface area contributed by atoms with E-state index in [1.165, 1.54) is 6.92 Å². The van der Waals surface area contributed by atoms with Crippen molar-refractivity contribution >= 4 is 45.5 Å². The normalized spacial score (nSPS) is 13.8. The Morgan fingerprint density at radius 1 is 1.11 bits per heavy atom. The number of aliphatic imine (C=N–C) groups is 1. The zero-order valence-corrected chi connectivity index (χ0v) is 21.7. The Balaban J connectivity index is 1.58. The number of hydrogen-bond acceptors (Lipinski definition) is 6. The molecule has 0 aromatic heterocycles. The lowest BCUT2D eigenvalue weighted by atomic mass is 10.1. The molecule has 0 unspecified atom stereocenters. The Bertz CT molecular complexity index is 1360. The van der Waals surface area contributed by atoms with Gasteiger partial charge in [-0.15, -0.1) is 0 Å². The fourth-order valence-electron chi connectivity index (χ4n) is 3.59. The molecule has 7 nitrogen and oxygen atoms in total. The highest BCUT2D eigenvalue weighted by Gasteiger charge is 2.24. The lowest BCUT2D eigenvalue weighted by Gasteiger charge is -2.15. The lowest BCUT2D eigenvalue weighted by Crippen LogP contribution is -2.07. The molecule has 0 bridgehead atoms. The third-order valence-electron chi connectivity index (χ3n) is 5.34. The van der Waals surface area contributed by atoms with Gasteiger partial charge in [0.1, 0.15) is 6.61 Å². The molecule has 0 radical (unpaired) electrons. The largest absolute Gasteiger partial charge is 0.490 e. The molecule has 1 aliphatic heterocycles. The number of esters is 1. The molecule has 0 saturated carbocycles. The number of carbonyl (C=O) groups excluding carboxylic acids is 2. The first-order valence-corrected chi connectivity index (χ1v) is 12.2. The maximum Gasteiger partial charge on any atom is 0.363 e. The number of carbonyl (C=O) groups is 2. The summed E-state index contributed by atoms with van der Waals surface area (Å²) in [5.41, 5.74) is 4.36. The van der Waals surface area contributed by atoms with Crippen LogP contribution in [0.25, 0.3) is 6.08 Å². The molecule has 1 heterocycles. The fraction of sp³-hybridized carbons (Fsp3) is 0.179. The van der Waals surface area contributed by atoms with Gasteiger partial charge in [-0.25, -0.2) is 9.79 Å².